The minimum Gasteiger partial charge on any atom is -0.315 e. The zero-order chi connectivity index (χ0) is 14.4. The number of nitrogens with zero attached hydrogens (tertiary/aromatic N) is 1. The third kappa shape index (κ3) is 4.60. The molecule has 1 fully saturated rings. The molecule has 0 aliphatic carbocycles. The van der Waals surface area contributed by atoms with Crippen LogP contribution < -0.4 is 5.32 Å². The van der Waals surface area contributed by atoms with Crippen LogP contribution >= 0.6 is 0 Å². The first kappa shape index (κ1) is 15.5. The number of unbranched alkanes of at least 4 members (excludes halogenated alkanes) is 1. The van der Waals surface area contributed by atoms with Gasteiger partial charge in [0.15, 0.2) is 0 Å². The van der Waals surface area contributed by atoms with E-state index in [4.69, 9.17) is 0 Å². The Morgan fingerprint density at radius 1 is 0.950 bits per heavy atom. The van der Waals surface area contributed by atoms with Crippen LogP contribution in [0.1, 0.15) is 41.5 Å². The molecule has 1 aliphatic heterocycles. The Kier molecular flexibility index (Phi) is 6.06. The second-order valence-electron chi connectivity index (χ2n) is 6.27. The maximum atomic E-state index is 3.47. The number of hydrogen-bond acceptors (Lipinski definition) is 2. The van der Waals surface area contributed by atoms with Crippen molar-refractivity contribution < 1.29 is 0 Å². The predicted molar refractivity (Wildman–Crippen MR) is 87.5 cm³/mol. The topological polar surface area (TPSA) is 15.3 Å². The third-order valence-corrected chi connectivity index (χ3v) is 4.56. The molecule has 0 bridgehead atoms. The van der Waals surface area contributed by atoms with Gasteiger partial charge in [-0.15, -0.1) is 0 Å². The molecule has 0 amide bonds. The van der Waals surface area contributed by atoms with Gasteiger partial charge >= 0.3 is 0 Å². The molecule has 0 unspecified atom stereocenters. The molecule has 1 saturated heterocycles. The third-order valence-electron chi connectivity index (χ3n) is 4.56. The Morgan fingerprint density at radius 3 is 2.60 bits per heavy atom. The maximum Gasteiger partial charge on any atom is 0.0107 e. The summed E-state index contributed by atoms with van der Waals surface area (Å²) in [7, 11) is 0. The van der Waals surface area contributed by atoms with Crippen molar-refractivity contribution in [3.8, 4) is 0 Å². The molecule has 2 rings (SSSR count). The van der Waals surface area contributed by atoms with Crippen molar-refractivity contribution in [3.63, 3.8) is 0 Å². The Labute approximate surface area is 124 Å². The van der Waals surface area contributed by atoms with E-state index in [-0.39, 0.29) is 0 Å². The summed E-state index contributed by atoms with van der Waals surface area (Å²) in [6.07, 6.45) is 5.18. The molecule has 2 nitrogen and oxygen atoms in total. The molecule has 1 aliphatic rings. The molecule has 1 N–H and O–H groups in total. The van der Waals surface area contributed by atoms with Crippen LogP contribution in [0.15, 0.2) is 12.1 Å². The van der Waals surface area contributed by atoms with E-state index in [0.29, 0.717) is 0 Å². The zero-order valence-corrected chi connectivity index (χ0v) is 13.5. The van der Waals surface area contributed by atoms with Gasteiger partial charge < -0.3 is 10.2 Å². The van der Waals surface area contributed by atoms with E-state index in [1.807, 2.05) is 0 Å². The van der Waals surface area contributed by atoms with Crippen LogP contribution in [0.4, 0.5) is 0 Å². The van der Waals surface area contributed by atoms with Gasteiger partial charge in [0, 0.05) is 13.1 Å². The van der Waals surface area contributed by atoms with Crippen LogP contribution in [-0.4, -0.2) is 37.6 Å². The van der Waals surface area contributed by atoms with Gasteiger partial charge in [0.05, 0.1) is 0 Å². The quantitative estimate of drug-likeness (QED) is 0.829. The van der Waals surface area contributed by atoms with Gasteiger partial charge in [-0.1, -0.05) is 12.1 Å². The van der Waals surface area contributed by atoms with E-state index >= 15 is 0 Å². The summed E-state index contributed by atoms with van der Waals surface area (Å²) < 4.78 is 0. The van der Waals surface area contributed by atoms with Crippen LogP contribution in [0.3, 0.4) is 0 Å². The molecule has 1 aromatic rings. The highest BCUT2D eigenvalue weighted by molar-refractivity contribution is 5.36. The lowest BCUT2D eigenvalue weighted by molar-refractivity contribution is 0.286. The van der Waals surface area contributed by atoms with Crippen LogP contribution in [0, 0.1) is 20.8 Å². The highest BCUT2D eigenvalue weighted by atomic mass is 15.1. The van der Waals surface area contributed by atoms with E-state index in [0.717, 1.165) is 6.54 Å². The molecule has 112 valence electrons. The zero-order valence-electron chi connectivity index (χ0n) is 13.5. The highest BCUT2D eigenvalue weighted by Crippen LogP contribution is 2.17. The van der Waals surface area contributed by atoms with Crippen molar-refractivity contribution in [3.05, 3.63) is 34.4 Å². The standard InChI is InChI=1S/C18H30N2/c1-15-13-17(3)18(14-16(15)2)7-4-5-10-20-11-6-8-19-9-12-20/h13-14,19H,4-12H2,1-3H3. The summed E-state index contributed by atoms with van der Waals surface area (Å²) in [6, 6.07) is 4.73. The number of rotatable bonds is 5. The molecule has 20 heavy (non-hydrogen) atoms. The molecule has 0 saturated carbocycles. The second-order valence-corrected chi connectivity index (χ2v) is 6.27. The Morgan fingerprint density at radius 2 is 1.75 bits per heavy atom. The molecular weight excluding hydrogens is 244 g/mol. The summed E-state index contributed by atoms with van der Waals surface area (Å²) >= 11 is 0. The molecule has 1 aromatic carbocycles. The van der Waals surface area contributed by atoms with E-state index in [1.54, 1.807) is 5.56 Å². The summed E-state index contributed by atoms with van der Waals surface area (Å²) in [4.78, 5) is 2.62. The number of aryl methyl sites for hydroxylation is 4. The van der Waals surface area contributed by atoms with E-state index < -0.39 is 0 Å². The lowest BCUT2D eigenvalue weighted by Crippen LogP contribution is -2.29. The summed E-state index contributed by atoms with van der Waals surface area (Å²) in [6.45, 7) is 12.8. The fraction of sp³-hybridized carbons (Fsp3) is 0.667. The smallest absolute Gasteiger partial charge is 0.0107 e. The van der Waals surface area contributed by atoms with E-state index in [1.165, 1.54) is 68.6 Å². The summed E-state index contributed by atoms with van der Waals surface area (Å²) in [5.41, 5.74) is 5.87. The van der Waals surface area contributed by atoms with Crippen LogP contribution in [-0.2, 0) is 6.42 Å². The average molecular weight is 274 g/mol. The maximum absolute atomic E-state index is 3.47. The van der Waals surface area contributed by atoms with Crippen molar-refractivity contribution in [1.29, 1.82) is 0 Å². The van der Waals surface area contributed by atoms with Gasteiger partial charge in [0.1, 0.15) is 0 Å². The number of nitrogens with one attached hydrogen (secondary N) is 1. The first-order chi connectivity index (χ1) is 9.66. The van der Waals surface area contributed by atoms with Gasteiger partial charge in [-0.3, -0.25) is 0 Å². The summed E-state index contributed by atoms with van der Waals surface area (Å²) in [5.74, 6) is 0. The summed E-state index contributed by atoms with van der Waals surface area (Å²) in [5, 5.41) is 3.47. The molecular formula is C18H30N2. The van der Waals surface area contributed by atoms with Gasteiger partial charge in [-0.2, -0.15) is 0 Å². The van der Waals surface area contributed by atoms with Gasteiger partial charge in [0.2, 0.25) is 0 Å². The van der Waals surface area contributed by atoms with Crippen molar-refractivity contribution in [2.24, 2.45) is 0 Å². The first-order valence-corrected chi connectivity index (χ1v) is 8.16. The van der Waals surface area contributed by atoms with Crippen molar-refractivity contribution in [2.45, 2.75) is 46.5 Å². The monoisotopic (exact) mass is 274 g/mol. The normalized spacial score (nSPS) is 17.1. The largest absolute Gasteiger partial charge is 0.315 e. The van der Waals surface area contributed by atoms with Gasteiger partial charge in [-0.25, -0.2) is 0 Å². The Hall–Kier alpha value is -0.860. The lowest BCUT2D eigenvalue weighted by Gasteiger charge is -2.19. The average Bonchev–Trinajstić information content (AvgIpc) is 2.69. The highest BCUT2D eigenvalue weighted by Gasteiger charge is 2.08. The van der Waals surface area contributed by atoms with E-state index in [9.17, 15) is 0 Å². The van der Waals surface area contributed by atoms with Crippen molar-refractivity contribution in [1.82, 2.24) is 10.2 Å². The molecule has 0 atom stereocenters. The second kappa shape index (κ2) is 7.80. The Balaban J connectivity index is 1.74. The fourth-order valence-corrected chi connectivity index (χ4v) is 3.07. The minimum absolute atomic E-state index is 1.16. The van der Waals surface area contributed by atoms with E-state index in [2.05, 4.69) is 43.1 Å². The lowest BCUT2D eigenvalue weighted by atomic mass is 9.97. The number of benzene rings is 1. The molecule has 2 heteroatoms. The minimum atomic E-state index is 1.16. The molecule has 0 radical (unpaired) electrons. The van der Waals surface area contributed by atoms with Crippen LogP contribution in [0.25, 0.3) is 0 Å². The first-order valence-electron chi connectivity index (χ1n) is 8.16. The molecule has 0 spiro atoms. The Bertz CT molecular complexity index is 418. The molecule has 1 heterocycles. The van der Waals surface area contributed by atoms with Gasteiger partial charge in [-0.05, 0) is 88.3 Å². The molecule has 0 aromatic heterocycles. The van der Waals surface area contributed by atoms with Crippen molar-refractivity contribution in [2.75, 3.05) is 32.7 Å². The van der Waals surface area contributed by atoms with Crippen LogP contribution in [0.5, 0.6) is 0 Å². The predicted octanol–water partition coefficient (Wildman–Crippen LogP) is 3.23. The number of hydrogen-bond donors (Lipinski definition) is 1. The van der Waals surface area contributed by atoms with Gasteiger partial charge in [0.25, 0.3) is 0 Å². The van der Waals surface area contributed by atoms with Crippen LogP contribution in [0.2, 0.25) is 0 Å². The fourth-order valence-electron chi connectivity index (χ4n) is 3.07. The SMILES string of the molecule is Cc1cc(C)c(CCCCN2CCCNCC2)cc1C. The van der Waals surface area contributed by atoms with Crippen molar-refractivity contribution >= 4 is 0 Å².